The maximum absolute atomic E-state index is 12.4. The number of hydrogen-bond acceptors (Lipinski definition) is 1. The van der Waals surface area contributed by atoms with Crippen LogP contribution in [0.5, 0.6) is 0 Å². The van der Waals surface area contributed by atoms with Crippen LogP contribution >= 0.6 is 0 Å². The molecule has 0 saturated heterocycles. The van der Waals surface area contributed by atoms with Crippen LogP contribution in [0.3, 0.4) is 0 Å². The highest BCUT2D eigenvalue weighted by molar-refractivity contribution is 5.30. The summed E-state index contributed by atoms with van der Waals surface area (Å²) >= 11 is 0. The van der Waals surface area contributed by atoms with E-state index < -0.39 is 5.83 Å². The van der Waals surface area contributed by atoms with Crippen molar-refractivity contribution >= 4 is 0 Å². The predicted molar refractivity (Wildman–Crippen MR) is 37.3 cm³/mol. The smallest absolute Gasteiger partial charge is 0.145 e. The summed E-state index contributed by atoms with van der Waals surface area (Å²) < 4.78 is 12.4. The van der Waals surface area contributed by atoms with Gasteiger partial charge in [-0.25, -0.2) is 4.39 Å². The summed E-state index contributed by atoms with van der Waals surface area (Å²) in [6.07, 6.45) is 1.06. The molecule has 0 saturated carbocycles. The molecule has 0 spiro atoms. The minimum Gasteiger partial charge on any atom is -0.396 e. The lowest BCUT2D eigenvalue weighted by molar-refractivity contribution is 0.655. The molecule has 0 fully saturated rings. The van der Waals surface area contributed by atoms with E-state index in [1.165, 1.54) is 0 Å². The van der Waals surface area contributed by atoms with Gasteiger partial charge in [-0.15, -0.1) is 0 Å². The van der Waals surface area contributed by atoms with Crippen molar-refractivity contribution in [1.82, 2.24) is 0 Å². The number of hydrogen-bond donors (Lipinski definition) is 1. The van der Waals surface area contributed by atoms with Gasteiger partial charge in [-0.2, -0.15) is 0 Å². The van der Waals surface area contributed by atoms with Crippen LogP contribution in [-0.2, 0) is 0 Å². The van der Waals surface area contributed by atoms with Crippen molar-refractivity contribution in [3.8, 4) is 0 Å². The van der Waals surface area contributed by atoms with Crippen molar-refractivity contribution in [1.29, 1.82) is 0 Å². The Bertz CT molecular complexity index is 168. The average Bonchev–Trinajstić information content (AvgIpc) is 1.84. The molecule has 50 valence electrons. The molecule has 0 amide bonds. The standard InChI is InChI=1S/C7H10FN/c1-4-6(8)7(9)5(2)3/h4H,1-2,9H2,3H3/b7-6-. The summed E-state index contributed by atoms with van der Waals surface area (Å²) in [7, 11) is 0. The maximum Gasteiger partial charge on any atom is 0.145 e. The lowest BCUT2D eigenvalue weighted by Crippen LogP contribution is -1.99. The fourth-order valence-corrected chi connectivity index (χ4v) is 0.314. The Morgan fingerprint density at radius 3 is 2.22 bits per heavy atom. The van der Waals surface area contributed by atoms with Crippen molar-refractivity contribution in [2.45, 2.75) is 6.92 Å². The lowest BCUT2D eigenvalue weighted by Gasteiger charge is -1.97. The zero-order chi connectivity index (χ0) is 7.44. The number of allylic oxidation sites excluding steroid dienone is 3. The Morgan fingerprint density at radius 1 is 1.67 bits per heavy atom. The fourth-order valence-electron chi connectivity index (χ4n) is 0.314. The van der Waals surface area contributed by atoms with Crippen molar-refractivity contribution in [3.63, 3.8) is 0 Å². The average molecular weight is 127 g/mol. The second kappa shape index (κ2) is 3.07. The highest BCUT2D eigenvalue weighted by Gasteiger charge is 1.96. The quantitative estimate of drug-likeness (QED) is 0.563. The molecule has 2 heteroatoms. The van der Waals surface area contributed by atoms with E-state index >= 15 is 0 Å². The van der Waals surface area contributed by atoms with Crippen molar-refractivity contribution in [2.24, 2.45) is 5.73 Å². The molecule has 0 aromatic heterocycles. The Kier molecular flexibility index (Phi) is 2.71. The van der Waals surface area contributed by atoms with Crippen LogP contribution < -0.4 is 5.73 Å². The van der Waals surface area contributed by atoms with Crippen molar-refractivity contribution in [3.05, 3.63) is 36.3 Å². The summed E-state index contributed by atoms with van der Waals surface area (Å²) in [6, 6.07) is 0. The van der Waals surface area contributed by atoms with Crippen LogP contribution in [0.1, 0.15) is 6.92 Å². The van der Waals surface area contributed by atoms with Gasteiger partial charge in [-0.3, -0.25) is 0 Å². The minimum absolute atomic E-state index is 0.0741. The third kappa shape index (κ3) is 2.13. The molecular formula is C7H10FN. The molecule has 0 aromatic carbocycles. The molecule has 0 atom stereocenters. The lowest BCUT2D eigenvalue weighted by atomic mass is 10.2. The van der Waals surface area contributed by atoms with Gasteiger partial charge in [-0.05, 0) is 18.6 Å². The molecule has 0 heterocycles. The Balaban J connectivity index is 4.47. The Hall–Kier alpha value is -1.05. The van der Waals surface area contributed by atoms with Gasteiger partial charge in [0.1, 0.15) is 5.83 Å². The SMILES string of the molecule is C=C/C(F)=C(/N)C(=C)C. The van der Waals surface area contributed by atoms with Gasteiger partial charge in [0.15, 0.2) is 0 Å². The van der Waals surface area contributed by atoms with Crippen LogP contribution in [0.25, 0.3) is 0 Å². The first kappa shape index (κ1) is 7.95. The fraction of sp³-hybridized carbons (Fsp3) is 0.143. The van der Waals surface area contributed by atoms with E-state index in [1.807, 2.05) is 0 Å². The van der Waals surface area contributed by atoms with E-state index in [0.717, 1.165) is 6.08 Å². The van der Waals surface area contributed by atoms with Crippen LogP contribution in [-0.4, -0.2) is 0 Å². The van der Waals surface area contributed by atoms with E-state index in [4.69, 9.17) is 5.73 Å². The zero-order valence-electron chi connectivity index (χ0n) is 5.45. The zero-order valence-corrected chi connectivity index (χ0v) is 5.45. The summed E-state index contributed by atoms with van der Waals surface area (Å²) in [4.78, 5) is 0. The van der Waals surface area contributed by atoms with Gasteiger partial charge < -0.3 is 5.73 Å². The molecule has 0 rings (SSSR count). The van der Waals surface area contributed by atoms with Gasteiger partial charge in [0.05, 0.1) is 5.70 Å². The normalized spacial score (nSPS) is 12.2. The van der Waals surface area contributed by atoms with Crippen LogP contribution in [0.15, 0.2) is 36.3 Å². The van der Waals surface area contributed by atoms with E-state index in [9.17, 15) is 4.39 Å². The minimum atomic E-state index is -0.512. The van der Waals surface area contributed by atoms with Gasteiger partial charge >= 0.3 is 0 Å². The van der Waals surface area contributed by atoms with Gasteiger partial charge in [-0.1, -0.05) is 13.2 Å². The monoisotopic (exact) mass is 127 g/mol. The molecule has 0 aromatic rings. The number of halogens is 1. The van der Waals surface area contributed by atoms with Crippen LogP contribution in [0.2, 0.25) is 0 Å². The van der Waals surface area contributed by atoms with Crippen LogP contribution in [0.4, 0.5) is 4.39 Å². The summed E-state index contributed by atoms with van der Waals surface area (Å²) in [5.41, 5.74) is 5.80. The van der Waals surface area contributed by atoms with E-state index in [0.29, 0.717) is 5.57 Å². The maximum atomic E-state index is 12.4. The molecule has 2 N–H and O–H groups in total. The largest absolute Gasteiger partial charge is 0.396 e. The molecule has 0 bridgehead atoms. The highest BCUT2D eigenvalue weighted by Crippen LogP contribution is 2.07. The first-order valence-corrected chi connectivity index (χ1v) is 2.53. The second-order valence-electron chi connectivity index (χ2n) is 1.75. The topological polar surface area (TPSA) is 26.0 Å². The molecule has 1 nitrogen and oxygen atoms in total. The molecule has 0 radical (unpaired) electrons. The number of rotatable bonds is 2. The van der Waals surface area contributed by atoms with Crippen LogP contribution in [0, 0.1) is 0 Å². The predicted octanol–water partition coefficient (Wildman–Crippen LogP) is 1.89. The molecule has 9 heavy (non-hydrogen) atoms. The molecule has 0 unspecified atom stereocenters. The van der Waals surface area contributed by atoms with E-state index in [1.54, 1.807) is 6.92 Å². The van der Waals surface area contributed by atoms with Gasteiger partial charge in [0.25, 0.3) is 0 Å². The number of nitrogens with two attached hydrogens (primary N) is 1. The summed E-state index contributed by atoms with van der Waals surface area (Å²) in [5, 5.41) is 0. The Labute approximate surface area is 54.4 Å². The molecule has 0 aliphatic heterocycles. The first-order chi connectivity index (χ1) is 4.09. The molecular weight excluding hydrogens is 117 g/mol. The van der Waals surface area contributed by atoms with E-state index in [-0.39, 0.29) is 5.70 Å². The third-order valence-electron chi connectivity index (χ3n) is 0.896. The molecule has 0 aliphatic carbocycles. The van der Waals surface area contributed by atoms with Gasteiger partial charge in [0, 0.05) is 0 Å². The highest BCUT2D eigenvalue weighted by atomic mass is 19.1. The van der Waals surface area contributed by atoms with Crippen molar-refractivity contribution < 1.29 is 4.39 Å². The molecule has 0 aliphatic rings. The first-order valence-electron chi connectivity index (χ1n) is 2.53. The second-order valence-corrected chi connectivity index (χ2v) is 1.75. The summed E-state index contributed by atoms with van der Waals surface area (Å²) in [5.74, 6) is -0.512. The van der Waals surface area contributed by atoms with Crippen molar-refractivity contribution in [2.75, 3.05) is 0 Å². The Morgan fingerprint density at radius 2 is 2.11 bits per heavy atom. The summed E-state index contributed by atoms with van der Waals surface area (Å²) in [6.45, 7) is 8.30. The third-order valence-corrected chi connectivity index (χ3v) is 0.896. The van der Waals surface area contributed by atoms with Gasteiger partial charge in [0.2, 0.25) is 0 Å². The van der Waals surface area contributed by atoms with E-state index in [2.05, 4.69) is 13.2 Å².